The van der Waals surface area contributed by atoms with E-state index >= 15 is 0 Å². The molecule has 3 N–H and O–H groups in total. The quantitative estimate of drug-likeness (QED) is 0.403. The van der Waals surface area contributed by atoms with E-state index in [2.05, 4.69) is 21.1 Å². The summed E-state index contributed by atoms with van der Waals surface area (Å²) in [6, 6.07) is 21.0. The smallest absolute Gasteiger partial charge is 0.255 e. The maximum atomic E-state index is 12.9. The largest absolute Gasteiger partial charge is 0.486 e. The average molecular weight is 562 g/mol. The van der Waals surface area contributed by atoms with Crippen LogP contribution in [0.5, 0.6) is 11.5 Å². The molecule has 1 fully saturated rings. The number of rotatable bonds is 7. The molecule has 1 saturated heterocycles. The molecule has 40 heavy (non-hydrogen) atoms. The zero-order chi connectivity index (χ0) is 27.5. The molecule has 0 aromatic heterocycles. The average Bonchev–Trinajstić information content (AvgIpc) is 3.43. The van der Waals surface area contributed by atoms with Crippen LogP contribution in [0.3, 0.4) is 0 Å². The van der Waals surface area contributed by atoms with Crippen LogP contribution < -0.4 is 25.6 Å². The standard InChI is InChI=1S/C29H31N5O5S/c35-29(23-3-1-2-21(16-23)19-34-10-14-40(36,37)15-11-34)30-24-7-5-22(6-8-24)28-31-27(32-33-28)18-20-4-9-25-26(17-20)39-13-12-38-25/h1-9,16-17,28,33H,10-15,18-19H2,(H,30,35)(H,31,32). The van der Waals surface area contributed by atoms with E-state index in [4.69, 9.17) is 14.5 Å². The highest BCUT2D eigenvalue weighted by molar-refractivity contribution is 7.91. The van der Waals surface area contributed by atoms with Gasteiger partial charge in [0.25, 0.3) is 5.91 Å². The van der Waals surface area contributed by atoms with E-state index in [-0.39, 0.29) is 23.6 Å². The van der Waals surface area contributed by atoms with Gasteiger partial charge in [-0.2, -0.15) is 0 Å². The van der Waals surface area contributed by atoms with Gasteiger partial charge in [-0.05, 0) is 53.1 Å². The van der Waals surface area contributed by atoms with Crippen LogP contribution in [-0.2, 0) is 22.8 Å². The first-order chi connectivity index (χ1) is 19.4. The van der Waals surface area contributed by atoms with Crippen molar-refractivity contribution >= 4 is 27.3 Å². The normalized spacial score (nSPS) is 19.9. The molecule has 1 atom stereocenters. The van der Waals surface area contributed by atoms with Crippen molar-refractivity contribution in [2.45, 2.75) is 19.1 Å². The molecule has 3 heterocycles. The third kappa shape index (κ3) is 6.27. The van der Waals surface area contributed by atoms with Crippen LogP contribution in [0.25, 0.3) is 0 Å². The lowest BCUT2D eigenvalue weighted by atomic mass is 10.1. The highest BCUT2D eigenvalue weighted by atomic mass is 32.2. The van der Waals surface area contributed by atoms with E-state index in [1.807, 2.05) is 60.7 Å². The number of nitrogens with one attached hydrogen (secondary N) is 3. The van der Waals surface area contributed by atoms with Crippen LogP contribution in [0, 0.1) is 0 Å². The van der Waals surface area contributed by atoms with Crippen molar-refractivity contribution in [2.24, 2.45) is 4.99 Å². The molecule has 3 aliphatic rings. The lowest BCUT2D eigenvalue weighted by Gasteiger charge is -2.26. The Morgan fingerprint density at radius 3 is 2.52 bits per heavy atom. The molecule has 0 spiro atoms. The topological polar surface area (TPSA) is 121 Å². The van der Waals surface area contributed by atoms with Crippen molar-refractivity contribution in [3.63, 3.8) is 0 Å². The molecular formula is C29H31N5O5S. The summed E-state index contributed by atoms with van der Waals surface area (Å²) in [6.45, 7) is 2.76. The summed E-state index contributed by atoms with van der Waals surface area (Å²) in [4.78, 5) is 19.8. The van der Waals surface area contributed by atoms with Gasteiger partial charge in [0.15, 0.2) is 21.3 Å². The van der Waals surface area contributed by atoms with Crippen molar-refractivity contribution in [1.82, 2.24) is 15.8 Å². The molecule has 1 unspecified atom stereocenters. The van der Waals surface area contributed by atoms with Crippen LogP contribution in [-0.4, -0.2) is 62.9 Å². The lowest BCUT2D eigenvalue weighted by Crippen LogP contribution is -2.39. The molecule has 0 radical (unpaired) electrons. The molecule has 3 aromatic carbocycles. The van der Waals surface area contributed by atoms with E-state index in [1.54, 1.807) is 6.07 Å². The maximum absolute atomic E-state index is 12.9. The minimum atomic E-state index is -2.92. The molecule has 0 aliphatic carbocycles. The van der Waals surface area contributed by atoms with Crippen LogP contribution in [0.2, 0.25) is 0 Å². The highest BCUT2D eigenvalue weighted by Gasteiger charge is 2.22. The number of fused-ring (bicyclic) bond motifs is 1. The minimum Gasteiger partial charge on any atom is -0.486 e. The number of hydrogen-bond donors (Lipinski definition) is 3. The van der Waals surface area contributed by atoms with Crippen molar-refractivity contribution in [1.29, 1.82) is 0 Å². The number of amidine groups is 1. The summed E-state index contributed by atoms with van der Waals surface area (Å²) in [5.74, 6) is 2.52. The SMILES string of the molecule is O=C(Nc1ccc(C2N=C(Cc3ccc4c(c3)OCCO4)NN2)cc1)c1cccc(CN2CCS(=O)(=O)CC2)c1. The van der Waals surface area contributed by atoms with E-state index in [1.165, 1.54) is 0 Å². The fourth-order valence-electron chi connectivity index (χ4n) is 4.94. The van der Waals surface area contributed by atoms with Crippen LogP contribution in [0.4, 0.5) is 5.69 Å². The molecule has 208 valence electrons. The first-order valence-electron chi connectivity index (χ1n) is 13.3. The molecule has 10 nitrogen and oxygen atoms in total. The number of hydrazine groups is 1. The number of nitrogens with zero attached hydrogens (tertiary/aromatic N) is 2. The number of hydrogen-bond acceptors (Lipinski definition) is 9. The first kappa shape index (κ1) is 26.3. The van der Waals surface area contributed by atoms with Crippen molar-refractivity contribution < 1.29 is 22.7 Å². The fraction of sp³-hybridized carbons (Fsp3) is 0.310. The van der Waals surface area contributed by atoms with E-state index in [9.17, 15) is 13.2 Å². The Morgan fingerprint density at radius 2 is 1.73 bits per heavy atom. The molecular weight excluding hydrogens is 530 g/mol. The van der Waals surface area contributed by atoms with E-state index in [0.717, 1.165) is 34.0 Å². The predicted molar refractivity (Wildman–Crippen MR) is 152 cm³/mol. The van der Waals surface area contributed by atoms with E-state index < -0.39 is 9.84 Å². The monoisotopic (exact) mass is 561 g/mol. The molecule has 3 aliphatic heterocycles. The molecule has 3 aromatic rings. The van der Waals surface area contributed by atoms with Gasteiger partial charge in [-0.15, -0.1) is 0 Å². The Bertz CT molecular complexity index is 1530. The maximum Gasteiger partial charge on any atom is 0.255 e. The number of carbonyl (C=O) groups excluding carboxylic acids is 1. The zero-order valence-electron chi connectivity index (χ0n) is 21.9. The van der Waals surface area contributed by atoms with Gasteiger partial charge < -0.3 is 20.2 Å². The summed E-state index contributed by atoms with van der Waals surface area (Å²) in [7, 11) is -2.92. The van der Waals surface area contributed by atoms with Gasteiger partial charge in [0, 0.05) is 37.3 Å². The van der Waals surface area contributed by atoms with Crippen molar-refractivity contribution in [3.8, 4) is 11.5 Å². The summed E-state index contributed by atoms with van der Waals surface area (Å²) < 4.78 is 34.6. The number of amides is 1. The number of ether oxygens (including phenoxy) is 2. The third-order valence-corrected chi connectivity index (χ3v) is 8.74. The van der Waals surface area contributed by atoms with Crippen LogP contribution in [0.1, 0.15) is 33.2 Å². The van der Waals surface area contributed by atoms with Gasteiger partial charge in [-0.1, -0.05) is 30.3 Å². The Morgan fingerprint density at radius 1 is 0.950 bits per heavy atom. The number of sulfone groups is 1. The number of anilines is 1. The Labute approximate surface area is 233 Å². The Hall–Kier alpha value is -3.93. The van der Waals surface area contributed by atoms with Gasteiger partial charge >= 0.3 is 0 Å². The summed E-state index contributed by atoms with van der Waals surface area (Å²) >= 11 is 0. The van der Waals surface area contributed by atoms with E-state index in [0.29, 0.717) is 50.5 Å². The van der Waals surface area contributed by atoms with Crippen LogP contribution in [0.15, 0.2) is 71.7 Å². The zero-order valence-corrected chi connectivity index (χ0v) is 22.7. The Kier molecular flexibility index (Phi) is 7.42. The van der Waals surface area contributed by atoms with Crippen LogP contribution >= 0.6 is 0 Å². The van der Waals surface area contributed by atoms with Gasteiger partial charge in [0.2, 0.25) is 0 Å². The molecule has 1 amide bonds. The number of benzene rings is 3. The Balaban J connectivity index is 1.04. The predicted octanol–water partition coefficient (Wildman–Crippen LogP) is 2.69. The first-order valence-corrected chi connectivity index (χ1v) is 15.1. The van der Waals surface area contributed by atoms with Gasteiger partial charge in [-0.3, -0.25) is 9.69 Å². The number of aliphatic imine (C=N–C) groups is 1. The molecule has 0 saturated carbocycles. The molecule has 6 rings (SSSR count). The fourth-order valence-corrected chi connectivity index (χ4v) is 6.22. The summed E-state index contributed by atoms with van der Waals surface area (Å²) in [5.41, 5.74) is 10.6. The third-order valence-electron chi connectivity index (χ3n) is 7.13. The number of carbonyl (C=O) groups is 1. The van der Waals surface area contributed by atoms with Gasteiger partial charge in [0.05, 0.1) is 11.5 Å². The summed E-state index contributed by atoms with van der Waals surface area (Å²) in [6.07, 6.45) is 0.392. The highest BCUT2D eigenvalue weighted by Crippen LogP contribution is 2.31. The molecule has 11 heteroatoms. The van der Waals surface area contributed by atoms with Crippen molar-refractivity contribution in [2.75, 3.05) is 43.1 Å². The van der Waals surface area contributed by atoms with Crippen molar-refractivity contribution in [3.05, 3.63) is 89.0 Å². The minimum absolute atomic E-state index is 0.183. The summed E-state index contributed by atoms with van der Waals surface area (Å²) in [5, 5.41) is 2.96. The van der Waals surface area contributed by atoms with Gasteiger partial charge in [-0.25, -0.2) is 18.8 Å². The second-order valence-corrected chi connectivity index (χ2v) is 12.4. The second-order valence-electron chi connectivity index (χ2n) is 10.1. The van der Waals surface area contributed by atoms with Gasteiger partial charge in [0.1, 0.15) is 25.2 Å². The second kappa shape index (κ2) is 11.3. The lowest BCUT2D eigenvalue weighted by molar-refractivity contribution is 0.102. The molecule has 0 bridgehead atoms.